The van der Waals surface area contributed by atoms with Gasteiger partial charge in [0, 0.05) is 23.4 Å². The van der Waals surface area contributed by atoms with Gasteiger partial charge in [0.25, 0.3) is 17.2 Å². The van der Waals surface area contributed by atoms with Crippen LogP contribution in [0.1, 0.15) is 21.6 Å². The summed E-state index contributed by atoms with van der Waals surface area (Å²) < 4.78 is 1.20. The van der Waals surface area contributed by atoms with Gasteiger partial charge in [-0.25, -0.2) is 4.68 Å². The van der Waals surface area contributed by atoms with Gasteiger partial charge in [-0.3, -0.25) is 19.7 Å². The lowest BCUT2D eigenvalue weighted by Gasteiger charge is -2.08. The molecule has 0 saturated heterocycles. The highest BCUT2D eigenvalue weighted by Gasteiger charge is 2.14. The predicted molar refractivity (Wildman–Crippen MR) is 99.8 cm³/mol. The molecular weight excluding hydrogens is 348 g/mol. The summed E-state index contributed by atoms with van der Waals surface area (Å²) in [5, 5.41) is 17.7. The van der Waals surface area contributed by atoms with Gasteiger partial charge in [-0.2, -0.15) is 5.10 Å². The summed E-state index contributed by atoms with van der Waals surface area (Å²) >= 11 is 0. The van der Waals surface area contributed by atoms with Crippen LogP contribution < -0.4 is 10.9 Å². The lowest BCUT2D eigenvalue weighted by Crippen LogP contribution is -2.26. The molecule has 0 atom stereocenters. The molecule has 0 aliphatic heterocycles. The quantitative estimate of drug-likeness (QED) is 0.553. The molecule has 1 amide bonds. The number of carbonyl (C=O) groups excluding carboxylic acids is 1. The Balaban J connectivity index is 1.83. The number of nitrogens with one attached hydrogen (secondary N) is 1. The van der Waals surface area contributed by atoms with Crippen LogP contribution in [0.4, 0.5) is 11.4 Å². The Kier molecular flexibility index (Phi) is 5.07. The van der Waals surface area contributed by atoms with Crippen LogP contribution in [0.2, 0.25) is 0 Å². The Bertz CT molecular complexity index is 1060. The van der Waals surface area contributed by atoms with Crippen LogP contribution in [0.15, 0.2) is 65.5 Å². The molecule has 1 heterocycles. The third-order valence-electron chi connectivity index (χ3n) is 3.94. The second kappa shape index (κ2) is 7.61. The monoisotopic (exact) mass is 364 g/mol. The number of nitro groups is 1. The molecule has 27 heavy (non-hydrogen) atoms. The van der Waals surface area contributed by atoms with E-state index >= 15 is 0 Å². The molecule has 0 saturated carbocycles. The van der Waals surface area contributed by atoms with E-state index in [1.54, 1.807) is 19.1 Å². The molecule has 0 aliphatic carbocycles. The molecule has 0 bridgehead atoms. The second-order valence-corrected chi connectivity index (χ2v) is 5.91. The molecule has 0 spiro atoms. The molecule has 0 fully saturated rings. The van der Waals surface area contributed by atoms with Gasteiger partial charge in [-0.1, -0.05) is 36.4 Å². The topological polar surface area (TPSA) is 107 Å². The van der Waals surface area contributed by atoms with Gasteiger partial charge < -0.3 is 5.32 Å². The molecule has 0 radical (unpaired) electrons. The third kappa shape index (κ3) is 4.24. The summed E-state index contributed by atoms with van der Waals surface area (Å²) in [6.07, 6.45) is 0. The van der Waals surface area contributed by atoms with Crippen LogP contribution in [0.5, 0.6) is 0 Å². The van der Waals surface area contributed by atoms with Crippen molar-refractivity contribution in [2.24, 2.45) is 0 Å². The number of aryl methyl sites for hydroxylation is 1. The maximum atomic E-state index is 12.4. The number of amides is 1. The van der Waals surface area contributed by atoms with E-state index in [9.17, 15) is 19.7 Å². The van der Waals surface area contributed by atoms with Crippen molar-refractivity contribution < 1.29 is 9.72 Å². The maximum absolute atomic E-state index is 12.4. The van der Waals surface area contributed by atoms with Crippen LogP contribution in [0.3, 0.4) is 0 Å². The SMILES string of the molecule is Cc1ccc(NC(=O)c2ccc(=O)n(Cc3ccccc3)n2)cc1[N+](=O)[O-]. The normalized spacial score (nSPS) is 10.4. The average molecular weight is 364 g/mol. The fraction of sp³-hybridized carbons (Fsp3) is 0.105. The molecule has 0 aliphatic rings. The predicted octanol–water partition coefficient (Wildman–Crippen LogP) is 2.76. The minimum absolute atomic E-state index is 0.0359. The van der Waals surface area contributed by atoms with Crippen molar-refractivity contribution in [3.8, 4) is 0 Å². The summed E-state index contributed by atoms with van der Waals surface area (Å²) in [4.78, 5) is 35.0. The van der Waals surface area contributed by atoms with Crippen molar-refractivity contribution in [3.05, 3.63) is 98.0 Å². The minimum Gasteiger partial charge on any atom is -0.320 e. The van der Waals surface area contributed by atoms with E-state index in [0.717, 1.165) is 5.56 Å². The van der Waals surface area contributed by atoms with Crippen molar-refractivity contribution in [2.75, 3.05) is 5.32 Å². The van der Waals surface area contributed by atoms with E-state index in [1.807, 2.05) is 30.3 Å². The first-order valence-corrected chi connectivity index (χ1v) is 8.12. The molecule has 0 unspecified atom stereocenters. The number of rotatable bonds is 5. The Morgan fingerprint density at radius 2 is 1.89 bits per heavy atom. The van der Waals surface area contributed by atoms with Crippen LogP contribution in [-0.2, 0) is 6.54 Å². The number of nitro benzene ring substituents is 1. The van der Waals surface area contributed by atoms with E-state index in [1.165, 1.54) is 22.9 Å². The van der Waals surface area contributed by atoms with Crippen LogP contribution in [0, 0.1) is 17.0 Å². The van der Waals surface area contributed by atoms with Crippen molar-refractivity contribution in [1.82, 2.24) is 9.78 Å². The van der Waals surface area contributed by atoms with Gasteiger partial charge in [0.05, 0.1) is 11.5 Å². The zero-order chi connectivity index (χ0) is 19.4. The zero-order valence-electron chi connectivity index (χ0n) is 14.5. The second-order valence-electron chi connectivity index (χ2n) is 5.91. The summed E-state index contributed by atoms with van der Waals surface area (Å²) in [5.74, 6) is -0.560. The molecule has 3 aromatic rings. The van der Waals surface area contributed by atoms with E-state index < -0.39 is 10.8 Å². The molecule has 136 valence electrons. The fourth-order valence-electron chi connectivity index (χ4n) is 2.52. The van der Waals surface area contributed by atoms with Crippen LogP contribution in [-0.4, -0.2) is 20.6 Å². The number of anilines is 1. The average Bonchev–Trinajstić information content (AvgIpc) is 2.65. The highest BCUT2D eigenvalue weighted by molar-refractivity contribution is 6.02. The van der Waals surface area contributed by atoms with E-state index in [0.29, 0.717) is 5.56 Å². The smallest absolute Gasteiger partial charge is 0.276 e. The molecule has 2 aromatic carbocycles. The molecule has 8 heteroatoms. The summed E-state index contributed by atoms with van der Waals surface area (Å²) in [6, 6.07) is 16.3. The van der Waals surface area contributed by atoms with E-state index in [-0.39, 0.29) is 29.2 Å². The van der Waals surface area contributed by atoms with Crippen molar-refractivity contribution in [2.45, 2.75) is 13.5 Å². The third-order valence-corrected chi connectivity index (χ3v) is 3.94. The molecule has 3 rings (SSSR count). The lowest BCUT2D eigenvalue weighted by atomic mass is 10.2. The van der Waals surface area contributed by atoms with Gasteiger partial charge >= 0.3 is 0 Å². The first-order valence-electron chi connectivity index (χ1n) is 8.12. The standard InChI is InChI=1S/C19H16N4O4/c1-13-7-8-15(11-17(13)23(26)27)20-19(25)16-9-10-18(24)22(21-16)12-14-5-3-2-4-6-14/h2-11H,12H2,1H3,(H,20,25). The summed E-state index contributed by atoms with van der Waals surface area (Å²) in [7, 11) is 0. The Hall–Kier alpha value is -3.81. The molecule has 8 nitrogen and oxygen atoms in total. The Morgan fingerprint density at radius 1 is 1.15 bits per heavy atom. The van der Waals surface area contributed by atoms with Crippen LogP contribution in [0.25, 0.3) is 0 Å². The van der Waals surface area contributed by atoms with Crippen molar-refractivity contribution in [3.63, 3.8) is 0 Å². The number of carbonyl (C=O) groups is 1. The number of benzene rings is 2. The Labute approximate surface area is 154 Å². The summed E-state index contributed by atoms with van der Waals surface area (Å²) in [6.45, 7) is 1.85. The van der Waals surface area contributed by atoms with Crippen molar-refractivity contribution in [1.29, 1.82) is 0 Å². The number of hydrogen-bond donors (Lipinski definition) is 1. The first kappa shape index (κ1) is 18.0. The number of hydrogen-bond acceptors (Lipinski definition) is 5. The highest BCUT2D eigenvalue weighted by Crippen LogP contribution is 2.22. The van der Waals surface area contributed by atoms with Gasteiger partial charge in [-0.05, 0) is 24.6 Å². The van der Waals surface area contributed by atoms with E-state index in [4.69, 9.17) is 0 Å². The molecule has 1 N–H and O–H groups in total. The van der Waals surface area contributed by atoms with Crippen LogP contribution >= 0.6 is 0 Å². The minimum atomic E-state index is -0.560. The lowest BCUT2D eigenvalue weighted by molar-refractivity contribution is -0.385. The Morgan fingerprint density at radius 3 is 2.59 bits per heavy atom. The first-order chi connectivity index (χ1) is 12.9. The molecular formula is C19H16N4O4. The fourth-order valence-corrected chi connectivity index (χ4v) is 2.52. The maximum Gasteiger partial charge on any atom is 0.276 e. The summed E-state index contributed by atoms with van der Waals surface area (Å²) in [5.41, 5.74) is 1.26. The largest absolute Gasteiger partial charge is 0.320 e. The highest BCUT2D eigenvalue weighted by atomic mass is 16.6. The molecule has 1 aromatic heterocycles. The van der Waals surface area contributed by atoms with E-state index in [2.05, 4.69) is 10.4 Å². The van der Waals surface area contributed by atoms with Crippen molar-refractivity contribution >= 4 is 17.3 Å². The van der Waals surface area contributed by atoms with Gasteiger partial charge in [0.1, 0.15) is 5.69 Å². The van der Waals surface area contributed by atoms with Gasteiger partial charge in [-0.15, -0.1) is 0 Å². The van der Waals surface area contributed by atoms with Gasteiger partial charge in [0.2, 0.25) is 0 Å². The number of nitrogens with zero attached hydrogens (tertiary/aromatic N) is 3. The number of aromatic nitrogens is 2. The zero-order valence-corrected chi connectivity index (χ0v) is 14.5. The van der Waals surface area contributed by atoms with Gasteiger partial charge in [0.15, 0.2) is 0 Å².